The molecule has 0 aromatic heterocycles. The minimum Gasteiger partial charge on any atom is -0.327 e. The van der Waals surface area contributed by atoms with E-state index >= 15 is 0 Å². The molecule has 6 heteroatoms. The molecule has 0 amide bonds. The van der Waals surface area contributed by atoms with Crippen molar-refractivity contribution in [2.75, 3.05) is 6.54 Å². The second-order valence-electron chi connectivity index (χ2n) is 2.64. The predicted octanol–water partition coefficient (Wildman–Crippen LogP) is 1.70. The highest BCUT2D eigenvalue weighted by atomic mass is 19.1. The Morgan fingerprint density at radius 1 is 1.57 bits per heavy atom. The number of rotatable bonds is 3. The fourth-order valence-electron chi connectivity index (χ4n) is 1.05. The number of hydrogen-bond acceptors (Lipinski definition) is 3. The van der Waals surface area contributed by atoms with E-state index < -0.39 is 29.1 Å². The summed E-state index contributed by atoms with van der Waals surface area (Å²) in [5.41, 5.74) is 3.88. The van der Waals surface area contributed by atoms with Crippen LogP contribution in [0.15, 0.2) is 18.2 Å². The molecule has 0 bridgehead atoms. The van der Waals surface area contributed by atoms with Crippen LogP contribution < -0.4 is 5.73 Å². The SMILES string of the molecule is NCC(F)c1cccc([N+](=O)[O-])c1F. The molecule has 4 nitrogen and oxygen atoms in total. The first-order valence-corrected chi connectivity index (χ1v) is 3.85. The normalized spacial score (nSPS) is 12.5. The smallest absolute Gasteiger partial charge is 0.305 e. The van der Waals surface area contributed by atoms with Crippen LogP contribution in [0.5, 0.6) is 0 Å². The first-order chi connectivity index (χ1) is 6.57. The lowest BCUT2D eigenvalue weighted by Crippen LogP contribution is -2.10. The Bertz CT molecular complexity index is 357. The number of hydrogen-bond donors (Lipinski definition) is 1. The van der Waals surface area contributed by atoms with E-state index in [2.05, 4.69) is 0 Å². The molecular weight excluding hydrogens is 194 g/mol. The summed E-state index contributed by atoms with van der Waals surface area (Å²) < 4.78 is 26.2. The minimum atomic E-state index is -1.71. The van der Waals surface area contributed by atoms with Gasteiger partial charge < -0.3 is 5.73 Å². The van der Waals surface area contributed by atoms with E-state index in [4.69, 9.17) is 5.73 Å². The van der Waals surface area contributed by atoms with Gasteiger partial charge in [0, 0.05) is 18.2 Å². The summed E-state index contributed by atoms with van der Waals surface area (Å²) in [7, 11) is 0. The van der Waals surface area contributed by atoms with Crippen LogP contribution in [0.4, 0.5) is 14.5 Å². The molecule has 0 radical (unpaired) electrons. The van der Waals surface area contributed by atoms with Gasteiger partial charge in [0.15, 0.2) is 0 Å². The van der Waals surface area contributed by atoms with Crippen molar-refractivity contribution in [2.24, 2.45) is 5.73 Å². The van der Waals surface area contributed by atoms with Crippen molar-refractivity contribution in [3.8, 4) is 0 Å². The average molecular weight is 202 g/mol. The van der Waals surface area contributed by atoms with Gasteiger partial charge in [-0.2, -0.15) is 4.39 Å². The van der Waals surface area contributed by atoms with E-state index in [-0.39, 0.29) is 5.56 Å². The zero-order valence-electron chi connectivity index (χ0n) is 7.11. The van der Waals surface area contributed by atoms with Crippen LogP contribution in [0, 0.1) is 15.9 Å². The Hall–Kier alpha value is -1.56. The summed E-state index contributed by atoms with van der Waals surface area (Å²) in [6.07, 6.45) is -1.71. The van der Waals surface area contributed by atoms with Crippen molar-refractivity contribution < 1.29 is 13.7 Å². The number of nitro groups is 1. The van der Waals surface area contributed by atoms with Crippen molar-refractivity contribution in [2.45, 2.75) is 6.17 Å². The van der Waals surface area contributed by atoms with Gasteiger partial charge in [0.25, 0.3) is 0 Å². The molecule has 1 unspecified atom stereocenters. The molecule has 1 rings (SSSR count). The molecule has 0 aliphatic heterocycles. The molecule has 2 N–H and O–H groups in total. The highest BCUT2D eigenvalue weighted by Gasteiger charge is 2.21. The highest BCUT2D eigenvalue weighted by Crippen LogP contribution is 2.26. The molecule has 14 heavy (non-hydrogen) atoms. The van der Waals surface area contributed by atoms with Crippen molar-refractivity contribution >= 4 is 5.69 Å². The largest absolute Gasteiger partial charge is 0.327 e. The molecule has 0 saturated carbocycles. The fraction of sp³-hybridized carbons (Fsp3) is 0.250. The van der Waals surface area contributed by atoms with E-state index in [9.17, 15) is 18.9 Å². The number of nitrogens with zero attached hydrogens (tertiary/aromatic N) is 1. The molecule has 0 saturated heterocycles. The molecule has 1 aromatic carbocycles. The van der Waals surface area contributed by atoms with Gasteiger partial charge in [0.05, 0.1) is 4.92 Å². The van der Waals surface area contributed by atoms with Crippen molar-refractivity contribution in [1.29, 1.82) is 0 Å². The third kappa shape index (κ3) is 1.85. The van der Waals surface area contributed by atoms with E-state index in [0.29, 0.717) is 0 Å². The number of halogens is 2. The molecule has 0 aliphatic rings. The third-order valence-corrected chi connectivity index (χ3v) is 1.75. The predicted molar refractivity (Wildman–Crippen MR) is 46.0 cm³/mol. The van der Waals surface area contributed by atoms with Crippen LogP contribution in [0.2, 0.25) is 0 Å². The molecule has 0 aliphatic carbocycles. The zero-order chi connectivity index (χ0) is 10.7. The second kappa shape index (κ2) is 4.10. The Morgan fingerprint density at radius 2 is 2.21 bits per heavy atom. The molecule has 1 aromatic rings. The maximum absolute atomic E-state index is 13.2. The van der Waals surface area contributed by atoms with E-state index in [1.165, 1.54) is 6.07 Å². The summed E-state index contributed by atoms with van der Waals surface area (Å²) in [6.45, 7) is -0.405. The lowest BCUT2D eigenvalue weighted by molar-refractivity contribution is -0.387. The highest BCUT2D eigenvalue weighted by molar-refractivity contribution is 5.37. The maximum atomic E-state index is 13.2. The molecular formula is C8H8F2N2O2. The van der Waals surface area contributed by atoms with Gasteiger partial charge in [0.1, 0.15) is 6.17 Å². The third-order valence-electron chi connectivity index (χ3n) is 1.75. The van der Waals surface area contributed by atoms with Gasteiger partial charge in [-0.15, -0.1) is 0 Å². The minimum absolute atomic E-state index is 0.373. The van der Waals surface area contributed by atoms with Crippen molar-refractivity contribution in [3.63, 3.8) is 0 Å². The summed E-state index contributed by atoms with van der Waals surface area (Å²) in [5.74, 6) is -1.16. The first kappa shape index (κ1) is 10.5. The molecule has 0 heterocycles. The molecule has 1 atom stereocenters. The molecule has 0 spiro atoms. The first-order valence-electron chi connectivity index (χ1n) is 3.85. The molecule has 0 fully saturated rings. The van der Waals surface area contributed by atoms with E-state index in [1.54, 1.807) is 0 Å². The number of nitro benzene ring substituents is 1. The van der Waals surface area contributed by atoms with Gasteiger partial charge in [-0.3, -0.25) is 10.1 Å². The van der Waals surface area contributed by atoms with Crippen LogP contribution in [-0.2, 0) is 0 Å². The number of benzene rings is 1. The fourth-order valence-corrected chi connectivity index (χ4v) is 1.05. The van der Waals surface area contributed by atoms with Gasteiger partial charge in [0.2, 0.25) is 5.82 Å². The van der Waals surface area contributed by atoms with Crippen molar-refractivity contribution in [3.05, 3.63) is 39.7 Å². The summed E-state index contributed by atoms with van der Waals surface area (Å²) >= 11 is 0. The zero-order valence-corrected chi connectivity index (χ0v) is 7.11. The van der Waals surface area contributed by atoms with Gasteiger partial charge >= 0.3 is 5.69 Å². The summed E-state index contributed by atoms with van der Waals surface area (Å²) in [5, 5.41) is 10.3. The van der Waals surface area contributed by atoms with Gasteiger partial charge in [-0.05, 0) is 0 Å². The van der Waals surface area contributed by atoms with Crippen molar-refractivity contribution in [1.82, 2.24) is 0 Å². The average Bonchev–Trinajstić information content (AvgIpc) is 2.16. The monoisotopic (exact) mass is 202 g/mol. The number of nitrogens with two attached hydrogens (primary N) is 1. The van der Waals surface area contributed by atoms with Crippen LogP contribution in [0.25, 0.3) is 0 Å². The lowest BCUT2D eigenvalue weighted by atomic mass is 10.1. The summed E-state index contributed by atoms with van der Waals surface area (Å²) in [6, 6.07) is 3.33. The Kier molecular flexibility index (Phi) is 3.08. The van der Waals surface area contributed by atoms with Crippen LogP contribution in [0.1, 0.15) is 11.7 Å². The Morgan fingerprint density at radius 3 is 2.71 bits per heavy atom. The number of alkyl halides is 1. The quantitative estimate of drug-likeness (QED) is 0.599. The van der Waals surface area contributed by atoms with Gasteiger partial charge in [-0.25, -0.2) is 4.39 Å². The van der Waals surface area contributed by atoms with Gasteiger partial charge in [-0.1, -0.05) is 12.1 Å². The van der Waals surface area contributed by atoms with E-state index in [1.807, 2.05) is 0 Å². The molecule has 76 valence electrons. The standard InChI is InChI=1S/C8H8F2N2O2/c9-6(4-11)5-2-1-3-7(8(5)10)12(13)14/h1-3,6H,4,11H2. The lowest BCUT2D eigenvalue weighted by Gasteiger charge is -2.06. The Labute approximate surface area is 78.5 Å². The van der Waals surface area contributed by atoms with E-state index in [0.717, 1.165) is 12.1 Å². The second-order valence-corrected chi connectivity index (χ2v) is 2.64. The van der Waals surface area contributed by atoms with Crippen LogP contribution >= 0.6 is 0 Å². The summed E-state index contributed by atoms with van der Waals surface area (Å²) in [4.78, 5) is 9.40. The van der Waals surface area contributed by atoms with Crippen LogP contribution in [0.3, 0.4) is 0 Å². The van der Waals surface area contributed by atoms with Crippen LogP contribution in [-0.4, -0.2) is 11.5 Å². The topological polar surface area (TPSA) is 69.2 Å². The Balaban J connectivity index is 3.20. The maximum Gasteiger partial charge on any atom is 0.305 e.